The number of aromatic nitrogens is 2. The molecule has 0 aliphatic heterocycles. The molecule has 3 rings (SSSR count). The first-order valence-corrected chi connectivity index (χ1v) is 9.07. The van der Waals surface area contributed by atoms with Crippen molar-refractivity contribution in [2.45, 2.75) is 23.6 Å². The van der Waals surface area contributed by atoms with E-state index in [4.69, 9.17) is 4.52 Å². The van der Waals surface area contributed by atoms with Gasteiger partial charge in [-0.15, -0.1) is 11.8 Å². The number of non-ortho nitro benzene ring substituents is 1. The van der Waals surface area contributed by atoms with Crippen LogP contribution in [0.4, 0.5) is 10.1 Å². The van der Waals surface area contributed by atoms with Crippen molar-refractivity contribution in [1.82, 2.24) is 15.5 Å². The van der Waals surface area contributed by atoms with Crippen LogP contribution in [0, 0.1) is 15.9 Å². The molecule has 1 N–H and O–H groups in total. The summed E-state index contributed by atoms with van der Waals surface area (Å²) < 4.78 is 18.3. The SMILES string of the molecule is CC(Sc1ccc([N+](=O)[O-])cc1)C(=O)NCc1noc(-c2cccc(F)c2)n1. The fourth-order valence-corrected chi connectivity index (χ4v) is 3.17. The fourth-order valence-electron chi connectivity index (χ4n) is 2.28. The molecule has 28 heavy (non-hydrogen) atoms. The maximum atomic E-state index is 13.3. The van der Waals surface area contributed by atoms with Gasteiger partial charge in [-0.2, -0.15) is 4.98 Å². The Morgan fingerprint density at radius 3 is 2.75 bits per heavy atom. The number of amides is 1. The quantitative estimate of drug-likeness (QED) is 0.365. The molecule has 144 valence electrons. The number of halogens is 1. The van der Waals surface area contributed by atoms with E-state index in [1.54, 1.807) is 25.1 Å². The summed E-state index contributed by atoms with van der Waals surface area (Å²) in [4.78, 5) is 27.3. The molecule has 3 aromatic rings. The van der Waals surface area contributed by atoms with Gasteiger partial charge >= 0.3 is 0 Å². The summed E-state index contributed by atoms with van der Waals surface area (Å²) >= 11 is 1.27. The van der Waals surface area contributed by atoms with Crippen molar-refractivity contribution >= 4 is 23.4 Å². The zero-order valence-corrected chi connectivity index (χ0v) is 15.5. The van der Waals surface area contributed by atoms with Crippen LogP contribution in [0.2, 0.25) is 0 Å². The molecule has 1 atom stereocenters. The molecular formula is C18H15FN4O4S. The highest BCUT2D eigenvalue weighted by Crippen LogP contribution is 2.25. The minimum atomic E-state index is -0.479. The topological polar surface area (TPSA) is 111 Å². The second-order valence-corrected chi connectivity index (χ2v) is 7.17. The Morgan fingerprint density at radius 2 is 2.07 bits per heavy atom. The highest BCUT2D eigenvalue weighted by atomic mass is 32.2. The normalized spacial score (nSPS) is 11.8. The maximum absolute atomic E-state index is 13.3. The van der Waals surface area contributed by atoms with Crippen LogP contribution in [-0.4, -0.2) is 26.2 Å². The van der Waals surface area contributed by atoms with E-state index >= 15 is 0 Å². The van der Waals surface area contributed by atoms with Crippen LogP contribution in [0.15, 0.2) is 57.9 Å². The highest BCUT2D eigenvalue weighted by Gasteiger charge is 2.16. The summed E-state index contributed by atoms with van der Waals surface area (Å²) in [7, 11) is 0. The van der Waals surface area contributed by atoms with Crippen LogP contribution in [0.1, 0.15) is 12.7 Å². The molecule has 0 spiro atoms. The van der Waals surface area contributed by atoms with Gasteiger partial charge in [-0.25, -0.2) is 4.39 Å². The number of hydrogen-bond donors (Lipinski definition) is 1. The van der Waals surface area contributed by atoms with Gasteiger partial charge in [0.1, 0.15) is 5.82 Å². The van der Waals surface area contributed by atoms with Gasteiger partial charge < -0.3 is 9.84 Å². The molecule has 0 bridgehead atoms. The van der Waals surface area contributed by atoms with Gasteiger partial charge in [-0.05, 0) is 37.3 Å². The lowest BCUT2D eigenvalue weighted by Crippen LogP contribution is -2.30. The summed E-state index contributed by atoms with van der Waals surface area (Å²) in [5, 5.41) is 16.7. The largest absolute Gasteiger partial charge is 0.348 e. The van der Waals surface area contributed by atoms with E-state index in [9.17, 15) is 19.3 Å². The summed E-state index contributed by atoms with van der Waals surface area (Å²) in [6, 6.07) is 11.7. The molecule has 0 saturated heterocycles. The minimum absolute atomic E-state index is 0.00679. The molecule has 1 aromatic heterocycles. The standard InChI is InChI=1S/C18H15FN4O4S/c1-11(28-15-7-5-14(6-8-15)23(25)26)17(24)20-10-16-21-18(27-22-16)12-3-2-4-13(19)9-12/h2-9,11H,10H2,1H3,(H,20,24). The van der Waals surface area contributed by atoms with Gasteiger partial charge in [0.15, 0.2) is 5.82 Å². The minimum Gasteiger partial charge on any atom is -0.348 e. The van der Waals surface area contributed by atoms with Crippen molar-refractivity contribution in [3.8, 4) is 11.5 Å². The van der Waals surface area contributed by atoms with Crippen molar-refractivity contribution in [1.29, 1.82) is 0 Å². The Bertz CT molecular complexity index is 993. The van der Waals surface area contributed by atoms with Crippen molar-refractivity contribution in [2.24, 2.45) is 0 Å². The highest BCUT2D eigenvalue weighted by molar-refractivity contribution is 8.00. The Balaban J connectivity index is 1.54. The molecule has 0 aliphatic carbocycles. The average Bonchev–Trinajstić information content (AvgIpc) is 3.15. The second-order valence-electron chi connectivity index (χ2n) is 5.76. The zero-order chi connectivity index (χ0) is 20.1. The van der Waals surface area contributed by atoms with Crippen LogP contribution in [0.5, 0.6) is 0 Å². The first-order valence-electron chi connectivity index (χ1n) is 8.20. The van der Waals surface area contributed by atoms with Crippen molar-refractivity contribution in [3.63, 3.8) is 0 Å². The third-order valence-corrected chi connectivity index (χ3v) is 4.80. The Hall–Kier alpha value is -3.27. The molecule has 2 aromatic carbocycles. The Kier molecular flexibility index (Phi) is 5.99. The van der Waals surface area contributed by atoms with Crippen LogP contribution in [0.25, 0.3) is 11.5 Å². The number of carbonyl (C=O) groups excluding carboxylic acids is 1. The first kappa shape index (κ1) is 19.5. The fraction of sp³-hybridized carbons (Fsp3) is 0.167. The van der Waals surface area contributed by atoms with E-state index < -0.39 is 16.0 Å². The van der Waals surface area contributed by atoms with Gasteiger partial charge in [0.2, 0.25) is 5.91 Å². The van der Waals surface area contributed by atoms with Crippen LogP contribution >= 0.6 is 11.8 Å². The van der Waals surface area contributed by atoms with Crippen molar-refractivity contribution in [2.75, 3.05) is 0 Å². The summed E-state index contributed by atoms with van der Waals surface area (Å²) in [5.41, 5.74) is 0.444. The van der Waals surface area contributed by atoms with Gasteiger partial charge in [0.05, 0.1) is 16.7 Å². The molecule has 0 aliphatic rings. The zero-order valence-electron chi connectivity index (χ0n) is 14.7. The van der Waals surface area contributed by atoms with Gasteiger partial charge in [0.25, 0.3) is 11.6 Å². The van der Waals surface area contributed by atoms with Crippen molar-refractivity contribution < 1.29 is 18.6 Å². The molecule has 10 heteroatoms. The third-order valence-electron chi connectivity index (χ3n) is 3.69. The number of nitrogens with zero attached hydrogens (tertiary/aromatic N) is 3. The first-order chi connectivity index (χ1) is 13.4. The van der Waals surface area contributed by atoms with E-state index in [2.05, 4.69) is 15.5 Å². The molecule has 0 saturated carbocycles. The lowest BCUT2D eigenvalue weighted by atomic mass is 10.2. The number of benzene rings is 2. The number of nitro benzene ring substituents is 1. The van der Waals surface area contributed by atoms with E-state index in [-0.39, 0.29) is 29.9 Å². The summed E-state index contributed by atoms with van der Waals surface area (Å²) in [6.07, 6.45) is 0. The van der Waals surface area contributed by atoms with Gasteiger partial charge in [0, 0.05) is 22.6 Å². The van der Waals surface area contributed by atoms with Gasteiger partial charge in [-0.3, -0.25) is 14.9 Å². The smallest absolute Gasteiger partial charge is 0.269 e. The van der Waals surface area contributed by atoms with Crippen molar-refractivity contribution in [3.05, 3.63) is 70.3 Å². The lowest BCUT2D eigenvalue weighted by Gasteiger charge is -2.10. The predicted octanol–water partition coefficient (Wildman–Crippen LogP) is 3.58. The number of nitrogens with one attached hydrogen (secondary N) is 1. The van der Waals surface area contributed by atoms with E-state index in [0.29, 0.717) is 5.56 Å². The van der Waals surface area contributed by atoms with E-state index in [1.165, 1.54) is 42.1 Å². The average molecular weight is 402 g/mol. The van der Waals surface area contributed by atoms with Gasteiger partial charge in [-0.1, -0.05) is 11.2 Å². The predicted molar refractivity (Wildman–Crippen MR) is 100.0 cm³/mol. The second kappa shape index (κ2) is 8.61. The molecular weight excluding hydrogens is 387 g/mol. The van der Waals surface area contributed by atoms with E-state index in [1.807, 2.05) is 0 Å². The molecule has 1 amide bonds. The monoisotopic (exact) mass is 402 g/mol. The third kappa shape index (κ3) is 4.92. The number of carbonyl (C=O) groups is 1. The maximum Gasteiger partial charge on any atom is 0.269 e. The summed E-state index contributed by atoms with van der Waals surface area (Å²) in [5.74, 6) is -0.236. The molecule has 1 unspecified atom stereocenters. The lowest BCUT2D eigenvalue weighted by molar-refractivity contribution is -0.384. The van der Waals surface area contributed by atoms with Crippen LogP contribution in [-0.2, 0) is 11.3 Å². The molecule has 1 heterocycles. The number of nitro groups is 1. The summed E-state index contributed by atoms with van der Waals surface area (Å²) in [6.45, 7) is 1.78. The van der Waals surface area contributed by atoms with E-state index in [0.717, 1.165) is 4.90 Å². The number of hydrogen-bond acceptors (Lipinski definition) is 7. The Labute approximate surface area is 163 Å². The molecule has 8 nitrogen and oxygen atoms in total. The Morgan fingerprint density at radius 1 is 1.32 bits per heavy atom. The van der Waals surface area contributed by atoms with Crippen LogP contribution < -0.4 is 5.32 Å². The molecule has 0 fully saturated rings. The number of rotatable bonds is 7. The molecule has 0 radical (unpaired) electrons. The van der Waals surface area contributed by atoms with Crippen LogP contribution in [0.3, 0.4) is 0 Å². The number of thioether (sulfide) groups is 1.